The van der Waals surface area contributed by atoms with Crippen LogP contribution in [-0.4, -0.2) is 19.8 Å². The molecule has 90 valence electrons. The van der Waals surface area contributed by atoms with Crippen LogP contribution >= 0.6 is 0 Å². The molecule has 0 atom stereocenters. The van der Waals surface area contributed by atoms with Gasteiger partial charge in [0, 0.05) is 13.2 Å². The minimum atomic E-state index is 0.594. The number of hydrogen-bond acceptors (Lipinski definition) is 2. The molecule has 0 aliphatic carbocycles. The van der Waals surface area contributed by atoms with Gasteiger partial charge in [0.15, 0.2) is 0 Å². The highest BCUT2D eigenvalue weighted by Crippen LogP contribution is 1.95. The van der Waals surface area contributed by atoms with E-state index in [-0.39, 0.29) is 0 Å². The summed E-state index contributed by atoms with van der Waals surface area (Å²) in [6.07, 6.45) is 6.03. The Labute approximate surface area is 95.2 Å². The largest absolute Gasteiger partial charge is 0.377 e. The van der Waals surface area contributed by atoms with Gasteiger partial charge in [-0.05, 0) is 18.4 Å². The van der Waals surface area contributed by atoms with E-state index in [0.717, 1.165) is 12.2 Å². The van der Waals surface area contributed by atoms with Crippen molar-refractivity contribution in [3.05, 3.63) is 23.8 Å². The zero-order chi connectivity index (χ0) is 12.1. The van der Waals surface area contributed by atoms with Gasteiger partial charge in [0.05, 0.1) is 6.61 Å². The van der Waals surface area contributed by atoms with Gasteiger partial charge in [-0.25, -0.2) is 0 Å². The standard InChI is InChI=1S/C11H21NO.C2H6/c1-4-11(8-12)6-5-7-13-9-10(2)3;1-2/h4-6,10H,7-9,12H2,1-3H3;1-2H3/b6-5-,11-4+;. The van der Waals surface area contributed by atoms with Gasteiger partial charge in [-0.3, -0.25) is 0 Å². The lowest BCUT2D eigenvalue weighted by molar-refractivity contribution is 0.135. The summed E-state index contributed by atoms with van der Waals surface area (Å²) < 4.78 is 5.38. The van der Waals surface area contributed by atoms with Crippen LogP contribution in [-0.2, 0) is 4.74 Å². The molecule has 0 unspecified atom stereocenters. The second kappa shape index (κ2) is 13.4. The molecule has 0 amide bonds. The molecule has 0 aromatic rings. The molecule has 2 N–H and O–H groups in total. The smallest absolute Gasteiger partial charge is 0.0650 e. The van der Waals surface area contributed by atoms with Crippen LogP contribution in [0.4, 0.5) is 0 Å². The summed E-state index contributed by atoms with van der Waals surface area (Å²) >= 11 is 0. The van der Waals surface area contributed by atoms with Gasteiger partial charge < -0.3 is 10.5 Å². The highest BCUT2D eigenvalue weighted by Gasteiger charge is 1.90. The summed E-state index contributed by atoms with van der Waals surface area (Å²) in [5.41, 5.74) is 6.63. The Kier molecular flexibility index (Phi) is 15.0. The van der Waals surface area contributed by atoms with Crippen LogP contribution in [0.5, 0.6) is 0 Å². The summed E-state index contributed by atoms with van der Waals surface area (Å²) in [6.45, 7) is 12.4. The van der Waals surface area contributed by atoms with Crippen LogP contribution in [0.25, 0.3) is 0 Å². The third-order valence-corrected chi connectivity index (χ3v) is 1.60. The van der Waals surface area contributed by atoms with Crippen LogP contribution in [0, 0.1) is 5.92 Å². The Morgan fingerprint density at radius 1 is 1.33 bits per heavy atom. The van der Waals surface area contributed by atoms with Crippen LogP contribution < -0.4 is 5.73 Å². The van der Waals surface area contributed by atoms with E-state index in [1.807, 2.05) is 39.0 Å². The van der Waals surface area contributed by atoms with Crippen molar-refractivity contribution in [2.75, 3.05) is 19.8 Å². The Hall–Kier alpha value is -0.600. The lowest BCUT2D eigenvalue weighted by Crippen LogP contribution is -2.03. The first-order valence-corrected chi connectivity index (χ1v) is 5.80. The highest BCUT2D eigenvalue weighted by atomic mass is 16.5. The van der Waals surface area contributed by atoms with E-state index in [2.05, 4.69) is 13.8 Å². The van der Waals surface area contributed by atoms with Gasteiger partial charge in [0.25, 0.3) is 0 Å². The fraction of sp³-hybridized carbons (Fsp3) is 0.692. The van der Waals surface area contributed by atoms with Crippen molar-refractivity contribution in [2.24, 2.45) is 11.7 Å². The molecule has 0 saturated carbocycles. The van der Waals surface area contributed by atoms with Gasteiger partial charge >= 0.3 is 0 Å². The maximum atomic E-state index is 5.49. The highest BCUT2D eigenvalue weighted by molar-refractivity contribution is 5.18. The van der Waals surface area contributed by atoms with E-state index in [1.54, 1.807) is 0 Å². The number of ether oxygens (including phenoxy) is 1. The first kappa shape index (κ1) is 16.8. The van der Waals surface area contributed by atoms with E-state index < -0.39 is 0 Å². The summed E-state index contributed by atoms with van der Waals surface area (Å²) in [4.78, 5) is 0. The summed E-state index contributed by atoms with van der Waals surface area (Å²) in [6, 6.07) is 0. The number of rotatable bonds is 6. The normalized spacial score (nSPS) is 11.8. The molecule has 0 rings (SSSR count). The van der Waals surface area contributed by atoms with Gasteiger partial charge in [-0.1, -0.05) is 45.9 Å². The van der Waals surface area contributed by atoms with Crippen molar-refractivity contribution >= 4 is 0 Å². The van der Waals surface area contributed by atoms with Gasteiger partial charge in [0.2, 0.25) is 0 Å². The number of hydrogen-bond donors (Lipinski definition) is 1. The molecule has 0 aliphatic heterocycles. The van der Waals surface area contributed by atoms with Crippen molar-refractivity contribution in [2.45, 2.75) is 34.6 Å². The summed E-state index contributed by atoms with van der Waals surface area (Å²) in [5, 5.41) is 0. The van der Waals surface area contributed by atoms with E-state index >= 15 is 0 Å². The van der Waals surface area contributed by atoms with Crippen molar-refractivity contribution < 1.29 is 4.74 Å². The van der Waals surface area contributed by atoms with Crippen LogP contribution in [0.1, 0.15) is 34.6 Å². The molecule has 0 aromatic carbocycles. The molecule has 0 heterocycles. The number of nitrogens with two attached hydrogens (primary N) is 1. The lowest BCUT2D eigenvalue weighted by Gasteiger charge is -2.03. The van der Waals surface area contributed by atoms with Gasteiger partial charge in [-0.15, -0.1) is 0 Å². The fourth-order valence-electron chi connectivity index (χ4n) is 0.853. The molecule has 0 fully saturated rings. The SMILES string of the molecule is C/C=C(\C=C/COCC(C)C)CN.CC. The fourth-order valence-corrected chi connectivity index (χ4v) is 0.853. The first-order chi connectivity index (χ1) is 7.20. The summed E-state index contributed by atoms with van der Waals surface area (Å²) in [7, 11) is 0. The second-order valence-corrected chi connectivity index (χ2v) is 3.40. The Balaban J connectivity index is 0. The molecular formula is C13H27NO. The zero-order valence-electron chi connectivity index (χ0n) is 10.9. The molecule has 0 radical (unpaired) electrons. The van der Waals surface area contributed by atoms with Crippen molar-refractivity contribution in [3.63, 3.8) is 0 Å². The minimum absolute atomic E-state index is 0.594. The molecule has 0 saturated heterocycles. The van der Waals surface area contributed by atoms with Crippen molar-refractivity contribution in [3.8, 4) is 0 Å². The number of allylic oxidation sites excluding steroid dienone is 1. The van der Waals surface area contributed by atoms with Crippen LogP contribution in [0.3, 0.4) is 0 Å². The van der Waals surface area contributed by atoms with Gasteiger partial charge in [0.1, 0.15) is 0 Å². The van der Waals surface area contributed by atoms with Crippen LogP contribution in [0.15, 0.2) is 23.8 Å². The molecule has 0 aromatic heterocycles. The van der Waals surface area contributed by atoms with Crippen molar-refractivity contribution in [1.82, 2.24) is 0 Å². The lowest BCUT2D eigenvalue weighted by atomic mass is 10.2. The zero-order valence-corrected chi connectivity index (χ0v) is 10.9. The average molecular weight is 213 g/mol. The first-order valence-electron chi connectivity index (χ1n) is 5.80. The Bertz CT molecular complexity index is 171. The minimum Gasteiger partial charge on any atom is -0.377 e. The second-order valence-electron chi connectivity index (χ2n) is 3.40. The maximum Gasteiger partial charge on any atom is 0.0650 e. The predicted molar refractivity (Wildman–Crippen MR) is 69.0 cm³/mol. The molecule has 0 bridgehead atoms. The van der Waals surface area contributed by atoms with E-state index in [0.29, 0.717) is 19.1 Å². The predicted octanol–water partition coefficient (Wildman–Crippen LogP) is 3.15. The Morgan fingerprint density at radius 2 is 1.93 bits per heavy atom. The van der Waals surface area contributed by atoms with Crippen molar-refractivity contribution in [1.29, 1.82) is 0 Å². The molecular weight excluding hydrogens is 186 g/mol. The van der Waals surface area contributed by atoms with E-state index in [4.69, 9.17) is 10.5 Å². The molecule has 15 heavy (non-hydrogen) atoms. The molecule has 2 heteroatoms. The van der Waals surface area contributed by atoms with Crippen LogP contribution in [0.2, 0.25) is 0 Å². The Morgan fingerprint density at radius 3 is 2.33 bits per heavy atom. The monoisotopic (exact) mass is 213 g/mol. The molecule has 0 aliphatic rings. The quantitative estimate of drug-likeness (QED) is 0.543. The van der Waals surface area contributed by atoms with E-state index in [1.165, 1.54) is 0 Å². The molecule has 2 nitrogen and oxygen atoms in total. The maximum absolute atomic E-state index is 5.49. The van der Waals surface area contributed by atoms with E-state index in [9.17, 15) is 0 Å². The summed E-state index contributed by atoms with van der Waals surface area (Å²) in [5.74, 6) is 0.601. The molecule has 0 spiro atoms. The third kappa shape index (κ3) is 13.4. The topological polar surface area (TPSA) is 35.2 Å². The average Bonchev–Trinajstić information content (AvgIpc) is 2.26. The third-order valence-electron chi connectivity index (χ3n) is 1.60. The van der Waals surface area contributed by atoms with Gasteiger partial charge in [-0.2, -0.15) is 0 Å².